The zero-order chi connectivity index (χ0) is 16.7. The summed E-state index contributed by atoms with van der Waals surface area (Å²) in [5.74, 6) is 6.41. The normalized spacial score (nSPS) is 35.9. The molecule has 2 fully saturated rings. The van der Waals surface area contributed by atoms with Crippen LogP contribution in [0.25, 0.3) is 10.8 Å². The van der Waals surface area contributed by atoms with E-state index in [9.17, 15) is 0 Å². The quantitative estimate of drug-likeness (QED) is 0.718. The standard InChI is InChI=1S/C23H22O2/c1-24-22-14-9-5-6-10-15(14)23(25-2)21-19-17-11-16(18(19)20(21)22)12-7-3-4-8-13(12)17/h3-10,12-13,16-19H,11H2,1-2H3/t12-,13+,16-,17+,18-,19+. The highest BCUT2D eigenvalue weighted by molar-refractivity contribution is 5.98. The molecule has 2 aromatic rings. The molecule has 2 saturated carbocycles. The summed E-state index contributed by atoms with van der Waals surface area (Å²) in [6.07, 6.45) is 10.7. The second-order valence-corrected chi connectivity index (χ2v) is 7.98. The van der Waals surface area contributed by atoms with E-state index < -0.39 is 0 Å². The first-order chi connectivity index (χ1) is 12.3. The predicted molar refractivity (Wildman–Crippen MR) is 99.4 cm³/mol. The number of methoxy groups -OCH3 is 2. The number of hydrogen-bond donors (Lipinski definition) is 0. The van der Waals surface area contributed by atoms with E-state index >= 15 is 0 Å². The van der Waals surface area contributed by atoms with E-state index in [2.05, 4.69) is 48.6 Å². The number of benzene rings is 2. The maximum atomic E-state index is 5.95. The van der Waals surface area contributed by atoms with Gasteiger partial charge in [0.1, 0.15) is 11.5 Å². The summed E-state index contributed by atoms with van der Waals surface area (Å²) < 4.78 is 11.9. The van der Waals surface area contributed by atoms with E-state index in [0.29, 0.717) is 23.7 Å². The van der Waals surface area contributed by atoms with Crippen molar-refractivity contribution in [2.45, 2.75) is 18.3 Å². The predicted octanol–water partition coefficient (Wildman–Crippen LogP) is 5.05. The molecule has 0 radical (unpaired) electrons. The minimum atomic E-state index is 0.644. The highest BCUT2D eigenvalue weighted by Crippen LogP contribution is 2.75. The fourth-order valence-electron chi connectivity index (χ4n) is 6.64. The lowest BCUT2D eigenvalue weighted by Gasteiger charge is -2.49. The van der Waals surface area contributed by atoms with E-state index in [1.54, 1.807) is 0 Å². The summed E-state index contributed by atoms with van der Waals surface area (Å²) >= 11 is 0. The van der Waals surface area contributed by atoms with Crippen molar-refractivity contribution in [2.24, 2.45) is 23.7 Å². The Morgan fingerprint density at radius 2 is 1.24 bits per heavy atom. The van der Waals surface area contributed by atoms with E-state index in [1.165, 1.54) is 28.3 Å². The third kappa shape index (κ3) is 1.48. The Bertz CT molecular complexity index is 878. The van der Waals surface area contributed by atoms with Gasteiger partial charge >= 0.3 is 0 Å². The van der Waals surface area contributed by atoms with Crippen LogP contribution in [0.3, 0.4) is 0 Å². The first-order valence-corrected chi connectivity index (χ1v) is 9.36. The van der Waals surface area contributed by atoms with Crippen molar-refractivity contribution in [3.8, 4) is 11.5 Å². The van der Waals surface area contributed by atoms with Crippen LogP contribution < -0.4 is 9.47 Å². The van der Waals surface area contributed by atoms with Gasteiger partial charge in [-0.15, -0.1) is 0 Å². The average Bonchev–Trinajstić information content (AvgIpc) is 3.17. The number of allylic oxidation sites excluding steroid dienone is 4. The zero-order valence-electron chi connectivity index (χ0n) is 14.6. The molecule has 0 saturated heterocycles. The van der Waals surface area contributed by atoms with Crippen LogP contribution in [0, 0.1) is 23.7 Å². The summed E-state index contributed by atoms with van der Waals surface area (Å²) in [6.45, 7) is 0. The molecule has 6 atom stereocenters. The lowest BCUT2D eigenvalue weighted by molar-refractivity contribution is 0.209. The van der Waals surface area contributed by atoms with Crippen LogP contribution in [-0.4, -0.2) is 14.2 Å². The lowest BCUT2D eigenvalue weighted by atomic mass is 9.55. The van der Waals surface area contributed by atoms with Gasteiger partial charge in [0, 0.05) is 21.9 Å². The lowest BCUT2D eigenvalue weighted by Crippen LogP contribution is -2.38. The van der Waals surface area contributed by atoms with Crippen LogP contribution in [0.2, 0.25) is 0 Å². The van der Waals surface area contributed by atoms with Gasteiger partial charge in [-0.25, -0.2) is 0 Å². The van der Waals surface area contributed by atoms with E-state index in [4.69, 9.17) is 9.47 Å². The second-order valence-electron chi connectivity index (χ2n) is 7.98. The molecule has 25 heavy (non-hydrogen) atoms. The summed E-state index contributed by atoms with van der Waals surface area (Å²) in [6, 6.07) is 8.53. The molecule has 2 aromatic carbocycles. The monoisotopic (exact) mass is 330 g/mol. The van der Waals surface area contributed by atoms with E-state index in [-0.39, 0.29) is 0 Å². The zero-order valence-corrected chi connectivity index (χ0v) is 14.6. The van der Waals surface area contributed by atoms with Crippen LogP contribution in [0.5, 0.6) is 11.5 Å². The Balaban J connectivity index is 1.62. The number of fused-ring (bicyclic) bond motifs is 12. The molecule has 2 nitrogen and oxygen atoms in total. The first-order valence-electron chi connectivity index (χ1n) is 9.36. The summed E-state index contributed by atoms with van der Waals surface area (Å²) in [7, 11) is 3.64. The largest absolute Gasteiger partial charge is 0.496 e. The minimum Gasteiger partial charge on any atom is -0.496 e. The molecule has 0 aliphatic heterocycles. The number of rotatable bonds is 2. The molecule has 4 aliphatic carbocycles. The number of ether oxygens (including phenoxy) is 2. The molecule has 4 aliphatic rings. The highest BCUT2D eigenvalue weighted by atomic mass is 16.5. The van der Waals surface area contributed by atoms with Crippen molar-refractivity contribution >= 4 is 10.8 Å². The van der Waals surface area contributed by atoms with Gasteiger partial charge in [-0.2, -0.15) is 0 Å². The Morgan fingerprint density at radius 1 is 0.760 bits per heavy atom. The first kappa shape index (κ1) is 14.0. The summed E-state index contributed by atoms with van der Waals surface area (Å²) in [5.41, 5.74) is 2.88. The van der Waals surface area contributed by atoms with Crippen molar-refractivity contribution in [2.75, 3.05) is 14.2 Å². The average molecular weight is 330 g/mol. The highest BCUT2D eigenvalue weighted by Gasteiger charge is 2.64. The van der Waals surface area contributed by atoms with Gasteiger partial charge in [-0.1, -0.05) is 48.6 Å². The van der Waals surface area contributed by atoms with E-state index in [1.807, 2.05) is 14.2 Å². The molecule has 0 spiro atoms. The van der Waals surface area contributed by atoms with E-state index in [0.717, 1.165) is 23.3 Å². The topological polar surface area (TPSA) is 18.5 Å². The van der Waals surface area contributed by atoms with Gasteiger partial charge in [-0.3, -0.25) is 0 Å². The molecular weight excluding hydrogens is 308 g/mol. The molecule has 0 amide bonds. The smallest absolute Gasteiger partial charge is 0.130 e. The van der Waals surface area contributed by atoms with Crippen molar-refractivity contribution < 1.29 is 9.47 Å². The van der Waals surface area contributed by atoms with Crippen LogP contribution in [-0.2, 0) is 0 Å². The Labute approximate surface area is 148 Å². The Kier molecular flexibility index (Phi) is 2.63. The van der Waals surface area contributed by atoms with Crippen LogP contribution >= 0.6 is 0 Å². The van der Waals surface area contributed by atoms with Crippen LogP contribution in [0.15, 0.2) is 48.6 Å². The van der Waals surface area contributed by atoms with Crippen molar-refractivity contribution in [3.05, 3.63) is 59.7 Å². The van der Waals surface area contributed by atoms with Gasteiger partial charge in [0.05, 0.1) is 14.2 Å². The van der Waals surface area contributed by atoms with Crippen LogP contribution in [0.1, 0.15) is 29.4 Å². The van der Waals surface area contributed by atoms with Crippen molar-refractivity contribution in [3.63, 3.8) is 0 Å². The molecule has 0 heterocycles. The van der Waals surface area contributed by atoms with Gasteiger partial charge < -0.3 is 9.47 Å². The van der Waals surface area contributed by atoms with Crippen molar-refractivity contribution in [1.82, 2.24) is 0 Å². The Hall–Kier alpha value is -2.22. The maximum absolute atomic E-state index is 5.95. The molecule has 0 unspecified atom stereocenters. The molecule has 2 heteroatoms. The maximum Gasteiger partial charge on any atom is 0.130 e. The SMILES string of the molecule is COc1c2c(c(OC)c3ccccc13)[C@H]1[C@H]3C[C@H]([C@@H]4C=CC=C[C@@H]43)[C@@H]21. The molecule has 0 aromatic heterocycles. The molecule has 126 valence electrons. The third-order valence-corrected chi connectivity index (χ3v) is 7.34. The summed E-state index contributed by atoms with van der Waals surface area (Å²) in [4.78, 5) is 0. The van der Waals surface area contributed by atoms with Gasteiger partial charge in [0.25, 0.3) is 0 Å². The third-order valence-electron chi connectivity index (χ3n) is 7.34. The molecule has 6 rings (SSSR count). The molecular formula is C23H22O2. The van der Waals surface area contributed by atoms with Gasteiger partial charge in [0.15, 0.2) is 0 Å². The fraction of sp³-hybridized carbons (Fsp3) is 0.391. The molecule has 2 bridgehead atoms. The van der Waals surface area contributed by atoms with Crippen LogP contribution in [0.4, 0.5) is 0 Å². The van der Waals surface area contributed by atoms with Crippen molar-refractivity contribution in [1.29, 1.82) is 0 Å². The second kappa shape index (κ2) is 4.69. The van der Waals surface area contributed by atoms with Gasteiger partial charge in [0.2, 0.25) is 0 Å². The Morgan fingerprint density at radius 3 is 1.68 bits per heavy atom. The molecule has 0 N–H and O–H groups in total. The minimum absolute atomic E-state index is 0.644. The van der Waals surface area contributed by atoms with Gasteiger partial charge in [-0.05, 0) is 41.9 Å². The number of hydrogen-bond acceptors (Lipinski definition) is 2. The summed E-state index contributed by atoms with van der Waals surface area (Å²) in [5, 5.41) is 2.38. The fourth-order valence-corrected chi connectivity index (χ4v) is 6.64.